The van der Waals surface area contributed by atoms with Crippen molar-refractivity contribution in [1.29, 1.82) is 0 Å². The van der Waals surface area contributed by atoms with E-state index in [9.17, 15) is 14.4 Å². The van der Waals surface area contributed by atoms with Gasteiger partial charge in [0.2, 0.25) is 0 Å². The van der Waals surface area contributed by atoms with Gasteiger partial charge in [-0.25, -0.2) is 14.4 Å². The summed E-state index contributed by atoms with van der Waals surface area (Å²) in [5.41, 5.74) is 0.971. The third-order valence-corrected chi connectivity index (χ3v) is 10.8. The molecule has 4 aromatic rings. The number of fused-ring (bicyclic) bond motifs is 6. The number of unbranched alkanes of at least 4 members (excludes halogenated alkanes) is 12. The summed E-state index contributed by atoms with van der Waals surface area (Å²) >= 11 is 0. The van der Waals surface area contributed by atoms with E-state index in [4.69, 9.17) is 28.4 Å². The van der Waals surface area contributed by atoms with Crippen molar-refractivity contribution in [1.82, 2.24) is 0 Å². The molecule has 4 aromatic carbocycles. The number of ether oxygens (including phenoxy) is 6. The minimum Gasteiger partial charge on any atom is -0.493 e. The number of esters is 3. The standard InChI is InChI=1S/C51H72O9/c1-7-13-19-25-55-46-34-40-37(31-43(46)49(52)58-28-22-16-10-4)38-32-44(50(53)59-29-23-17-11-5)47(56-26-20-14-8-2)35-41(38)42-36-48(57-27-21-15-9-3)45(33-39(40)42)51(54)60-30-24-18-12-6/h31-36H,7-30H2,1-6H3. The van der Waals surface area contributed by atoms with Gasteiger partial charge in [-0.2, -0.15) is 0 Å². The lowest BCUT2D eigenvalue weighted by Gasteiger charge is -2.20. The summed E-state index contributed by atoms with van der Waals surface area (Å²) in [6.07, 6.45) is 16.8. The lowest BCUT2D eigenvalue weighted by molar-refractivity contribution is 0.0484. The Bertz CT molecular complexity index is 1970. The lowest BCUT2D eigenvalue weighted by Crippen LogP contribution is -2.12. The molecule has 60 heavy (non-hydrogen) atoms. The molecular weight excluding hydrogens is 757 g/mol. The average Bonchev–Trinajstić information content (AvgIpc) is 3.26. The number of carbonyl (C=O) groups is 3. The molecule has 0 bridgehead atoms. The lowest BCUT2D eigenvalue weighted by atomic mass is 9.90. The van der Waals surface area contributed by atoms with E-state index in [-0.39, 0.29) is 0 Å². The number of hydrogen-bond acceptors (Lipinski definition) is 9. The van der Waals surface area contributed by atoms with E-state index in [0.29, 0.717) is 79.0 Å². The fourth-order valence-corrected chi connectivity index (χ4v) is 7.30. The Kier molecular flexibility index (Phi) is 21.4. The summed E-state index contributed by atoms with van der Waals surface area (Å²) in [6.45, 7) is 15.0. The van der Waals surface area contributed by atoms with Crippen LogP contribution in [0.25, 0.3) is 32.3 Å². The van der Waals surface area contributed by atoms with Crippen molar-refractivity contribution in [3.63, 3.8) is 0 Å². The van der Waals surface area contributed by atoms with E-state index in [2.05, 4.69) is 41.5 Å². The van der Waals surface area contributed by atoms with Gasteiger partial charge in [-0.15, -0.1) is 0 Å². The Balaban J connectivity index is 2.08. The Morgan fingerprint density at radius 1 is 0.317 bits per heavy atom. The first-order valence-corrected chi connectivity index (χ1v) is 23.3. The summed E-state index contributed by atoms with van der Waals surface area (Å²) < 4.78 is 36.8. The van der Waals surface area contributed by atoms with Gasteiger partial charge >= 0.3 is 17.9 Å². The first-order chi connectivity index (χ1) is 29.3. The highest BCUT2D eigenvalue weighted by atomic mass is 16.5. The van der Waals surface area contributed by atoms with Crippen molar-refractivity contribution >= 4 is 50.2 Å². The molecule has 0 aliphatic carbocycles. The van der Waals surface area contributed by atoms with E-state index in [1.54, 1.807) is 0 Å². The molecule has 0 N–H and O–H groups in total. The Labute approximate surface area is 359 Å². The molecule has 0 saturated carbocycles. The largest absolute Gasteiger partial charge is 0.493 e. The summed E-state index contributed by atoms with van der Waals surface area (Å²) in [5.74, 6) is -0.0977. The van der Waals surface area contributed by atoms with E-state index < -0.39 is 17.9 Å². The normalized spacial score (nSPS) is 11.3. The fraction of sp³-hybridized carbons (Fsp3) is 0.588. The van der Waals surface area contributed by atoms with E-state index in [1.165, 1.54) is 0 Å². The minimum atomic E-state index is -0.467. The molecule has 0 aliphatic rings. The summed E-state index contributed by atoms with van der Waals surface area (Å²) in [6, 6.07) is 11.2. The van der Waals surface area contributed by atoms with Crippen LogP contribution >= 0.6 is 0 Å². The second kappa shape index (κ2) is 26.6. The van der Waals surface area contributed by atoms with Crippen LogP contribution in [0, 0.1) is 0 Å². The third kappa shape index (κ3) is 13.8. The van der Waals surface area contributed by atoms with Crippen LogP contribution in [-0.2, 0) is 14.2 Å². The molecule has 9 nitrogen and oxygen atoms in total. The van der Waals surface area contributed by atoms with Gasteiger partial charge in [-0.1, -0.05) is 119 Å². The van der Waals surface area contributed by atoms with Gasteiger partial charge in [0.05, 0.1) is 39.6 Å². The fourth-order valence-electron chi connectivity index (χ4n) is 7.30. The van der Waals surface area contributed by atoms with E-state index >= 15 is 0 Å². The zero-order valence-electron chi connectivity index (χ0n) is 37.6. The van der Waals surface area contributed by atoms with Crippen molar-refractivity contribution in [3.05, 3.63) is 53.1 Å². The maximum atomic E-state index is 13.9. The highest BCUT2D eigenvalue weighted by Crippen LogP contribution is 2.43. The molecule has 0 unspecified atom stereocenters. The maximum Gasteiger partial charge on any atom is 0.341 e. The van der Waals surface area contributed by atoms with Gasteiger partial charge in [-0.3, -0.25) is 0 Å². The van der Waals surface area contributed by atoms with Crippen LogP contribution in [0.3, 0.4) is 0 Å². The van der Waals surface area contributed by atoms with Gasteiger partial charge in [-0.05, 0) is 107 Å². The van der Waals surface area contributed by atoms with Crippen LogP contribution in [0.5, 0.6) is 17.2 Å². The highest BCUT2D eigenvalue weighted by molar-refractivity contribution is 6.28. The third-order valence-electron chi connectivity index (χ3n) is 10.8. The van der Waals surface area contributed by atoms with Crippen LogP contribution in [0.4, 0.5) is 0 Å². The number of hydrogen-bond donors (Lipinski definition) is 0. The van der Waals surface area contributed by atoms with Gasteiger partial charge in [0.15, 0.2) is 0 Å². The van der Waals surface area contributed by atoms with Gasteiger partial charge in [0.25, 0.3) is 0 Å². The van der Waals surface area contributed by atoms with Crippen molar-refractivity contribution in [3.8, 4) is 17.2 Å². The molecule has 0 saturated heterocycles. The number of benzene rings is 4. The molecule has 330 valence electrons. The predicted octanol–water partition coefficient (Wildman–Crippen LogP) is 13.9. The van der Waals surface area contributed by atoms with E-state index in [1.807, 2.05) is 36.4 Å². The first kappa shape index (κ1) is 48.1. The molecule has 9 heteroatoms. The van der Waals surface area contributed by atoms with Crippen LogP contribution < -0.4 is 14.2 Å². The Morgan fingerprint density at radius 3 is 0.767 bits per heavy atom. The summed E-state index contributed by atoms with van der Waals surface area (Å²) in [7, 11) is 0. The van der Waals surface area contributed by atoms with Crippen LogP contribution in [0.15, 0.2) is 36.4 Å². The summed E-state index contributed by atoms with van der Waals surface area (Å²) in [4.78, 5) is 41.8. The molecule has 0 heterocycles. The molecule has 0 spiro atoms. The molecule has 0 amide bonds. The first-order valence-electron chi connectivity index (χ1n) is 23.3. The molecule has 4 rings (SSSR count). The van der Waals surface area contributed by atoms with Crippen molar-refractivity contribution < 1.29 is 42.8 Å². The van der Waals surface area contributed by atoms with Crippen LogP contribution in [0.2, 0.25) is 0 Å². The van der Waals surface area contributed by atoms with Gasteiger partial charge < -0.3 is 28.4 Å². The molecule has 0 aromatic heterocycles. The maximum absolute atomic E-state index is 13.9. The molecule has 0 aliphatic heterocycles. The molecule has 0 radical (unpaired) electrons. The summed E-state index contributed by atoms with van der Waals surface area (Å²) in [5, 5.41) is 4.52. The average molecular weight is 829 g/mol. The second-order valence-electron chi connectivity index (χ2n) is 15.9. The minimum absolute atomic E-state index is 0.302. The zero-order valence-corrected chi connectivity index (χ0v) is 37.6. The Morgan fingerprint density at radius 2 is 0.533 bits per heavy atom. The van der Waals surface area contributed by atoms with Crippen molar-refractivity contribution in [2.24, 2.45) is 0 Å². The zero-order chi connectivity index (χ0) is 43.1. The van der Waals surface area contributed by atoms with Crippen LogP contribution in [-0.4, -0.2) is 57.5 Å². The topological polar surface area (TPSA) is 107 Å². The predicted molar refractivity (Wildman–Crippen MR) is 243 cm³/mol. The monoisotopic (exact) mass is 829 g/mol. The van der Waals surface area contributed by atoms with Gasteiger partial charge in [0.1, 0.15) is 33.9 Å². The van der Waals surface area contributed by atoms with Crippen molar-refractivity contribution in [2.45, 2.75) is 157 Å². The molecule has 0 atom stereocenters. The quantitative estimate of drug-likeness (QED) is 0.0220. The number of carbonyl (C=O) groups excluding carboxylic acids is 3. The Hall–Kier alpha value is -4.53. The van der Waals surface area contributed by atoms with Crippen LogP contribution in [0.1, 0.15) is 188 Å². The van der Waals surface area contributed by atoms with Crippen molar-refractivity contribution in [2.75, 3.05) is 39.6 Å². The van der Waals surface area contributed by atoms with E-state index in [0.717, 1.165) is 143 Å². The highest BCUT2D eigenvalue weighted by Gasteiger charge is 2.25. The molecular formula is C51H72O9. The van der Waals surface area contributed by atoms with Gasteiger partial charge in [0, 0.05) is 0 Å². The number of rotatable bonds is 30. The molecule has 0 fully saturated rings. The smallest absolute Gasteiger partial charge is 0.341 e. The SMILES string of the molecule is CCCCCOC(=O)c1cc2c(cc1OCCCCC)c1cc(OCCCCC)c(C(=O)OCCCCC)cc1c1cc(C(=O)OCCCCC)c(OCCCCC)cc21. The second-order valence-corrected chi connectivity index (χ2v) is 15.9.